The number of alkyl halides is 2. The monoisotopic (exact) mass is 416 g/mol. The molecular weight excluding hydrogens is 386 g/mol. The molecule has 1 fully saturated rings. The van der Waals surface area contributed by atoms with E-state index in [0.29, 0.717) is 19.5 Å². The Hall–Kier alpha value is -2.47. The second kappa shape index (κ2) is 9.13. The summed E-state index contributed by atoms with van der Waals surface area (Å²) >= 11 is 0. The Morgan fingerprint density at radius 1 is 1.07 bits per heavy atom. The Labute approximate surface area is 177 Å². The van der Waals surface area contributed by atoms with Crippen LogP contribution in [0.3, 0.4) is 0 Å². The molecule has 3 rings (SSSR count). The number of likely N-dealkylation sites (tertiary alicyclic amines) is 1. The number of carbonyl (C=O) groups is 1. The third-order valence-corrected chi connectivity index (χ3v) is 5.73. The van der Waals surface area contributed by atoms with Crippen LogP contribution in [0.25, 0.3) is 0 Å². The van der Waals surface area contributed by atoms with Gasteiger partial charge >= 0.3 is 6.09 Å². The molecule has 0 radical (unpaired) electrons. The molecule has 1 aliphatic rings. The van der Waals surface area contributed by atoms with Crippen LogP contribution in [-0.2, 0) is 13.1 Å². The van der Waals surface area contributed by atoms with Crippen LogP contribution >= 0.6 is 0 Å². The lowest BCUT2D eigenvalue weighted by Crippen LogP contribution is -2.41. The molecule has 2 aromatic carbocycles. The minimum absolute atomic E-state index is 0.162. The van der Waals surface area contributed by atoms with Crippen LogP contribution in [0, 0.1) is 5.92 Å². The van der Waals surface area contributed by atoms with E-state index >= 15 is 8.78 Å². The van der Waals surface area contributed by atoms with E-state index in [1.54, 1.807) is 18.7 Å². The first-order valence-corrected chi connectivity index (χ1v) is 10.3. The molecular formula is C24H30F2N2O2. The summed E-state index contributed by atoms with van der Waals surface area (Å²) in [4.78, 5) is 14.5. The van der Waals surface area contributed by atoms with Crippen LogP contribution in [0.15, 0.2) is 60.7 Å². The molecule has 1 amide bonds. The van der Waals surface area contributed by atoms with Crippen LogP contribution in [0.1, 0.15) is 37.8 Å². The van der Waals surface area contributed by atoms with E-state index < -0.39 is 17.6 Å². The number of hydrogen-bond acceptors (Lipinski definition) is 2. The van der Waals surface area contributed by atoms with Gasteiger partial charge in [-0.3, -0.25) is 4.90 Å². The van der Waals surface area contributed by atoms with Gasteiger partial charge in [0, 0.05) is 31.6 Å². The van der Waals surface area contributed by atoms with Gasteiger partial charge in [0.25, 0.3) is 5.92 Å². The lowest BCUT2D eigenvalue weighted by atomic mass is 9.92. The third-order valence-electron chi connectivity index (χ3n) is 5.73. The minimum Gasteiger partial charge on any atom is -0.465 e. The largest absolute Gasteiger partial charge is 0.465 e. The smallest absolute Gasteiger partial charge is 0.407 e. The Balaban J connectivity index is 1.69. The molecule has 0 aliphatic carbocycles. The highest BCUT2D eigenvalue weighted by Crippen LogP contribution is 2.38. The summed E-state index contributed by atoms with van der Waals surface area (Å²) < 4.78 is 30.2. The Bertz CT molecular complexity index is 786. The predicted molar refractivity (Wildman–Crippen MR) is 113 cm³/mol. The lowest BCUT2D eigenvalue weighted by molar-refractivity contribution is -0.0543. The fraction of sp³-hybridized carbons (Fsp3) is 0.458. The van der Waals surface area contributed by atoms with Crippen molar-refractivity contribution in [2.45, 2.75) is 51.2 Å². The number of nitrogens with zero attached hydrogens (tertiary/aromatic N) is 2. The fourth-order valence-corrected chi connectivity index (χ4v) is 4.53. The number of hydrogen-bond donors (Lipinski definition) is 1. The highest BCUT2D eigenvalue weighted by Gasteiger charge is 2.45. The van der Waals surface area contributed by atoms with E-state index in [-0.39, 0.29) is 25.4 Å². The normalized spacial score (nSPS) is 18.7. The van der Waals surface area contributed by atoms with Crippen molar-refractivity contribution in [2.75, 3.05) is 13.1 Å². The lowest BCUT2D eigenvalue weighted by Gasteiger charge is -2.29. The summed E-state index contributed by atoms with van der Waals surface area (Å²) in [5, 5.41) is 9.37. The molecule has 4 nitrogen and oxygen atoms in total. The Morgan fingerprint density at radius 3 is 2.00 bits per heavy atom. The zero-order valence-electron chi connectivity index (χ0n) is 17.6. The summed E-state index contributed by atoms with van der Waals surface area (Å²) in [7, 11) is 0. The third kappa shape index (κ3) is 6.02. The summed E-state index contributed by atoms with van der Waals surface area (Å²) in [6.45, 7) is 4.27. The average Bonchev–Trinajstić information content (AvgIpc) is 2.96. The standard InChI is InChI=1S/C24H30F2N2O2/c1-23(2)13-21(17-28(23)22(29)30)14-24(25,26)18-27(15-19-9-5-3-6-10-19)16-20-11-7-4-8-12-20/h3-12,21H,13-18H2,1-2H3,(H,29,30). The Morgan fingerprint density at radius 2 is 1.57 bits per heavy atom. The first-order valence-electron chi connectivity index (χ1n) is 10.3. The predicted octanol–water partition coefficient (Wildman–Crippen LogP) is 5.49. The van der Waals surface area contributed by atoms with Crippen LogP contribution in [0.4, 0.5) is 13.6 Å². The molecule has 0 spiro atoms. The molecule has 1 saturated heterocycles. The highest BCUT2D eigenvalue weighted by atomic mass is 19.3. The van der Waals surface area contributed by atoms with Crippen molar-refractivity contribution in [3.63, 3.8) is 0 Å². The van der Waals surface area contributed by atoms with Crippen LogP contribution in [0.2, 0.25) is 0 Å². The molecule has 0 aromatic heterocycles. The van der Waals surface area contributed by atoms with Crippen molar-refractivity contribution in [3.8, 4) is 0 Å². The number of benzene rings is 2. The second-order valence-corrected chi connectivity index (χ2v) is 8.95. The van der Waals surface area contributed by atoms with Crippen molar-refractivity contribution in [3.05, 3.63) is 71.8 Å². The SMILES string of the molecule is CC1(C)CC(CC(F)(F)CN(Cc2ccccc2)Cc2ccccc2)CN1C(=O)O. The van der Waals surface area contributed by atoms with Crippen molar-refractivity contribution in [1.82, 2.24) is 9.80 Å². The van der Waals surface area contributed by atoms with Gasteiger partial charge in [-0.25, -0.2) is 13.6 Å². The first-order chi connectivity index (χ1) is 14.1. The quantitative estimate of drug-likeness (QED) is 0.619. The van der Waals surface area contributed by atoms with Gasteiger partial charge < -0.3 is 10.0 Å². The van der Waals surface area contributed by atoms with Gasteiger partial charge in [0.05, 0.1) is 6.54 Å². The number of rotatable bonds is 8. The van der Waals surface area contributed by atoms with E-state index in [1.807, 2.05) is 60.7 Å². The average molecular weight is 417 g/mol. The van der Waals surface area contributed by atoms with Crippen molar-refractivity contribution in [2.24, 2.45) is 5.92 Å². The minimum atomic E-state index is -2.90. The molecule has 0 bridgehead atoms. The van der Waals surface area contributed by atoms with E-state index in [1.165, 1.54) is 4.90 Å². The molecule has 1 N–H and O–H groups in total. The van der Waals surface area contributed by atoms with E-state index in [2.05, 4.69) is 0 Å². The second-order valence-electron chi connectivity index (χ2n) is 8.95. The van der Waals surface area contributed by atoms with Crippen LogP contribution in [0.5, 0.6) is 0 Å². The van der Waals surface area contributed by atoms with Gasteiger partial charge in [-0.05, 0) is 37.3 Å². The summed E-state index contributed by atoms with van der Waals surface area (Å²) in [5.74, 6) is -3.25. The van der Waals surface area contributed by atoms with Gasteiger partial charge in [0.2, 0.25) is 0 Å². The van der Waals surface area contributed by atoms with Crippen molar-refractivity contribution < 1.29 is 18.7 Å². The molecule has 2 aromatic rings. The molecule has 0 saturated carbocycles. The molecule has 30 heavy (non-hydrogen) atoms. The summed E-state index contributed by atoms with van der Waals surface area (Å²) in [5.41, 5.74) is 1.37. The first kappa shape index (κ1) is 22.2. The fourth-order valence-electron chi connectivity index (χ4n) is 4.53. The molecule has 1 atom stereocenters. The van der Waals surface area contributed by atoms with E-state index in [4.69, 9.17) is 0 Å². The molecule has 6 heteroatoms. The maximum atomic E-state index is 15.1. The number of amides is 1. The highest BCUT2D eigenvalue weighted by molar-refractivity contribution is 5.66. The van der Waals surface area contributed by atoms with E-state index in [9.17, 15) is 9.90 Å². The number of carboxylic acid groups (broad SMARTS) is 1. The van der Waals surface area contributed by atoms with Gasteiger partial charge in [-0.2, -0.15) is 0 Å². The van der Waals surface area contributed by atoms with Gasteiger partial charge in [0.15, 0.2) is 0 Å². The zero-order valence-corrected chi connectivity index (χ0v) is 17.6. The van der Waals surface area contributed by atoms with Gasteiger partial charge in [0.1, 0.15) is 0 Å². The molecule has 1 heterocycles. The molecule has 162 valence electrons. The zero-order chi connectivity index (χ0) is 21.8. The van der Waals surface area contributed by atoms with E-state index in [0.717, 1.165) is 11.1 Å². The Kier molecular flexibility index (Phi) is 6.76. The summed E-state index contributed by atoms with van der Waals surface area (Å²) in [6, 6.07) is 19.3. The molecule has 1 aliphatic heterocycles. The number of halogens is 2. The topological polar surface area (TPSA) is 43.8 Å². The maximum Gasteiger partial charge on any atom is 0.407 e. The molecule has 1 unspecified atom stereocenters. The van der Waals surface area contributed by atoms with Crippen molar-refractivity contribution in [1.29, 1.82) is 0 Å². The maximum absolute atomic E-state index is 15.1. The van der Waals surface area contributed by atoms with Crippen molar-refractivity contribution >= 4 is 6.09 Å². The van der Waals surface area contributed by atoms with Gasteiger partial charge in [-0.1, -0.05) is 60.7 Å². The van der Waals surface area contributed by atoms with Gasteiger partial charge in [-0.15, -0.1) is 0 Å². The van der Waals surface area contributed by atoms with Crippen LogP contribution < -0.4 is 0 Å². The van der Waals surface area contributed by atoms with Crippen LogP contribution in [-0.4, -0.2) is 45.6 Å². The summed E-state index contributed by atoms with van der Waals surface area (Å²) in [6.07, 6.45) is -0.896.